The summed E-state index contributed by atoms with van der Waals surface area (Å²) in [4.78, 5) is 33.4. The van der Waals surface area contributed by atoms with E-state index in [1.165, 1.54) is 7.05 Å². The van der Waals surface area contributed by atoms with E-state index in [9.17, 15) is 14.4 Å². The van der Waals surface area contributed by atoms with Crippen molar-refractivity contribution < 1.29 is 19.5 Å². The van der Waals surface area contributed by atoms with Crippen LogP contribution in [0.5, 0.6) is 0 Å². The van der Waals surface area contributed by atoms with Crippen molar-refractivity contribution in [2.75, 3.05) is 26.7 Å². The van der Waals surface area contributed by atoms with Crippen LogP contribution in [0.4, 0.5) is 0 Å². The van der Waals surface area contributed by atoms with Gasteiger partial charge in [-0.25, -0.2) is 5.01 Å². The van der Waals surface area contributed by atoms with E-state index in [0.29, 0.717) is 19.4 Å². The van der Waals surface area contributed by atoms with Crippen LogP contribution in [0.1, 0.15) is 19.3 Å². The number of hydrogen-bond donors (Lipinski definition) is 5. The zero-order chi connectivity index (χ0) is 15.5. The number of carboxylic acids is 1. The number of nitrogens with one attached hydrogen (secondary N) is 2. The summed E-state index contributed by atoms with van der Waals surface area (Å²) in [5.41, 5.74) is 13.0. The molecule has 0 spiro atoms. The molecule has 0 heterocycles. The molecule has 116 valence electrons. The van der Waals surface area contributed by atoms with Crippen LogP contribution < -0.4 is 22.2 Å². The second-order valence-electron chi connectivity index (χ2n) is 4.39. The molecule has 0 radical (unpaired) electrons. The molecule has 0 saturated heterocycles. The van der Waals surface area contributed by atoms with Gasteiger partial charge < -0.3 is 21.9 Å². The Kier molecular flexibility index (Phi) is 9.26. The molecule has 0 unspecified atom stereocenters. The lowest BCUT2D eigenvalue weighted by atomic mass is 10.1. The number of carbonyl (C=O) groups is 3. The van der Waals surface area contributed by atoms with Gasteiger partial charge in [0, 0.05) is 19.5 Å². The zero-order valence-corrected chi connectivity index (χ0v) is 11.6. The fourth-order valence-corrected chi connectivity index (χ4v) is 1.60. The Balaban J connectivity index is 4.29. The molecule has 0 aromatic rings. The van der Waals surface area contributed by atoms with E-state index in [0.717, 1.165) is 5.01 Å². The first kappa shape index (κ1) is 18.3. The number of hydrazine groups is 1. The Bertz CT molecular complexity index is 337. The Morgan fingerprint density at radius 1 is 1.25 bits per heavy atom. The lowest BCUT2D eigenvalue weighted by molar-refractivity contribution is -0.139. The molecule has 0 aliphatic carbocycles. The monoisotopic (exact) mass is 289 g/mol. The van der Waals surface area contributed by atoms with Crippen LogP contribution in [-0.2, 0) is 14.4 Å². The molecule has 7 N–H and O–H groups in total. The fourth-order valence-electron chi connectivity index (χ4n) is 1.60. The van der Waals surface area contributed by atoms with E-state index in [-0.39, 0.29) is 37.4 Å². The predicted octanol–water partition coefficient (Wildman–Crippen LogP) is -2.39. The van der Waals surface area contributed by atoms with Gasteiger partial charge in [0.1, 0.15) is 6.54 Å². The summed E-state index contributed by atoms with van der Waals surface area (Å²) in [5.74, 6) is -1.78. The van der Waals surface area contributed by atoms with E-state index in [1.54, 1.807) is 0 Å². The molecule has 0 rings (SSSR count). The molecule has 0 aromatic heterocycles. The summed E-state index contributed by atoms with van der Waals surface area (Å²) in [7, 11) is 1.44. The molecule has 0 bridgehead atoms. The molecule has 0 aliphatic heterocycles. The number of aliphatic carboxylic acids is 1. The number of carbonyl (C=O) groups excluding carboxylic acids is 2. The van der Waals surface area contributed by atoms with Crippen molar-refractivity contribution in [2.45, 2.75) is 25.3 Å². The van der Waals surface area contributed by atoms with Gasteiger partial charge in [0.25, 0.3) is 0 Å². The standard InChI is InChI=1S/C11H23N5O4/c1-16(7-11(19)20)15-9(17)5-8(3-2-4-12)14-10(18)6-13/h8H,2-7,12-13H2,1H3,(H,14,18)(H,15,17)(H,19,20)/t8-/m0/s1. The predicted molar refractivity (Wildman–Crippen MR) is 72.3 cm³/mol. The van der Waals surface area contributed by atoms with Crippen LogP contribution in [0.3, 0.4) is 0 Å². The Labute approximate surface area is 117 Å². The smallest absolute Gasteiger partial charge is 0.319 e. The topological polar surface area (TPSA) is 151 Å². The number of rotatable bonds is 10. The normalized spacial score (nSPS) is 12.0. The minimum absolute atomic E-state index is 0.0374. The largest absolute Gasteiger partial charge is 0.480 e. The molecule has 9 nitrogen and oxygen atoms in total. The van der Waals surface area contributed by atoms with Crippen molar-refractivity contribution in [1.29, 1.82) is 0 Å². The quantitative estimate of drug-likeness (QED) is 0.281. The van der Waals surface area contributed by atoms with E-state index in [1.807, 2.05) is 0 Å². The van der Waals surface area contributed by atoms with Crippen molar-refractivity contribution in [2.24, 2.45) is 11.5 Å². The number of nitrogens with zero attached hydrogens (tertiary/aromatic N) is 1. The zero-order valence-electron chi connectivity index (χ0n) is 11.6. The molecule has 9 heteroatoms. The van der Waals surface area contributed by atoms with Crippen LogP contribution >= 0.6 is 0 Å². The van der Waals surface area contributed by atoms with Gasteiger partial charge in [0.2, 0.25) is 11.8 Å². The highest BCUT2D eigenvalue weighted by Crippen LogP contribution is 2.02. The highest BCUT2D eigenvalue weighted by atomic mass is 16.4. The third-order valence-electron chi connectivity index (χ3n) is 2.43. The first-order valence-electron chi connectivity index (χ1n) is 6.31. The number of likely N-dealkylation sites (N-methyl/N-ethyl adjacent to an activating group) is 1. The summed E-state index contributed by atoms with van der Waals surface area (Å²) in [5, 5.41) is 12.4. The molecule has 0 fully saturated rings. The maximum atomic E-state index is 11.7. The number of hydrogen-bond acceptors (Lipinski definition) is 6. The van der Waals surface area contributed by atoms with Gasteiger partial charge in [-0.2, -0.15) is 0 Å². The second-order valence-corrected chi connectivity index (χ2v) is 4.39. The lowest BCUT2D eigenvalue weighted by Crippen LogP contribution is -2.46. The van der Waals surface area contributed by atoms with Crippen molar-refractivity contribution in [3.63, 3.8) is 0 Å². The number of carboxylic acid groups (broad SMARTS) is 1. The third kappa shape index (κ3) is 9.25. The maximum Gasteiger partial charge on any atom is 0.319 e. The van der Waals surface area contributed by atoms with Crippen molar-refractivity contribution in [1.82, 2.24) is 15.8 Å². The van der Waals surface area contributed by atoms with E-state index >= 15 is 0 Å². The Morgan fingerprint density at radius 2 is 1.90 bits per heavy atom. The van der Waals surface area contributed by atoms with Crippen molar-refractivity contribution in [3.05, 3.63) is 0 Å². The van der Waals surface area contributed by atoms with E-state index in [2.05, 4.69) is 10.7 Å². The van der Waals surface area contributed by atoms with E-state index in [4.69, 9.17) is 16.6 Å². The van der Waals surface area contributed by atoms with Crippen LogP contribution in [0, 0.1) is 0 Å². The Morgan fingerprint density at radius 3 is 2.40 bits per heavy atom. The van der Waals surface area contributed by atoms with Crippen molar-refractivity contribution in [3.8, 4) is 0 Å². The minimum atomic E-state index is -1.05. The third-order valence-corrected chi connectivity index (χ3v) is 2.43. The highest BCUT2D eigenvalue weighted by Gasteiger charge is 2.17. The van der Waals surface area contributed by atoms with Gasteiger partial charge in [-0.05, 0) is 19.4 Å². The van der Waals surface area contributed by atoms with Gasteiger partial charge in [-0.3, -0.25) is 19.8 Å². The average molecular weight is 289 g/mol. The molecule has 0 aliphatic rings. The van der Waals surface area contributed by atoms with Gasteiger partial charge in [0.05, 0.1) is 6.54 Å². The second kappa shape index (κ2) is 10.1. The fraction of sp³-hybridized carbons (Fsp3) is 0.727. The number of amides is 2. The molecule has 20 heavy (non-hydrogen) atoms. The summed E-state index contributed by atoms with van der Waals surface area (Å²) in [6, 6.07) is -0.368. The van der Waals surface area contributed by atoms with E-state index < -0.39 is 5.97 Å². The van der Waals surface area contributed by atoms with Crippen LogP contribution in [-0.4, -0.2) is 60.6 Å². The van der Waals surface area contributed by atoms with Crippen LogP contribution in [0.15, 0.2) is 0 Å². The molecular weight excluding hydrogens is 266 g/mol. The Hall–Kier alpha value is -1.71. The summed E-state index contributed by atoms with van der Waals surface area (Å²) in [6.45, 7) is -0.0104. The summed E-state index contributed by atoms with van der Waals surface area (Å²) >= 11 is 0. The molecule has 2 amide bonds. The van der Waals surface area contributed by atoms with Gasteiger partial charge in [0.15, 0.2) is 0 Å². The van der Waals surface area contributed by atoms with Crippen LogP contribution in [0.25, 0.3) is 0 Å². The summed E-state index contributed by atoms with van der Waals surface area (Å²) in [6.07, 6.45) is 1.25. The number of nitrogens with two attached hydrogens (primary N) is 2. The molecule has 0 aromatic carbocycles. The van der Waals surface area contributed by atoms with Crippen molar-refractivity contribution >= 4 is 17.8 Å². The summed E-state index contributed by atoms with van der Waals surface area (Å²) < 4.78 is 0. The first-order chi connectivity index (χ1) is 9.38. The SMILES string of the molecule is CN(CC(=O)O)NC(=O)C[C@H](CCCN)NC(=O)CN. The first-order valence-corrected chi connectivity index (χ1v) is 6.31. The highest BCUT2D eigenvalue weighted by molar-refractivity contribution is 5.80. The minimum Gasteiger partial charge on any atom is -0.480 e. The molecular formula is C11H23N5O4. The molecule has 0 saturated carbocycles. The van der Waals surface area contributed by atoms with Crippen LogP contribution in [0.2, 0.25) is 0 Å². The maximum absolute atomic E-state index is 11.7. The van der Waals surface area contributed by atoms with Gasteiger partial charge in [-0.1, -0.05) is 0 Å². The molecule has 1 atom stereocenters. The lowest BCUT2D eigenvalue weighted by Gasteiger charge is -2.20. The van der Waals surface area contributed by atoms with Gasteiger partial charge >= 0.3 is 5.97 Å². The average Bonchev–Trinajstić information content (AvgIpc) is 2.34. The van der Waals surface area contributed by atoms with Gasteiger partial charge in [-0.15, -0.1) is 0 Å².